The third kappa shape index (κ3) is 18.0. The van der Waals surface area contributed by atoms with Gasteiger partial charge in [-0.2, -0.15) is 0 Å². The van der Waals surface area contributed by atoms with Crippen molar-refractivity contribution in [2.75, 3.05) is 13.1 Å². The molecule has 24 nitrogen and oxygen atoms in total. The van der Waals surface area contributed by atoms with Gasteiger partial charge in [-0.15, -0.1) is 0 Å². The van der Waals surface area contributed by atoms with Crippen molar-refractivity contribution in [1.29, 1.82) is 0 Å². The Bertz CT molecular complexity index is 2620. The van der Waals surface area contributed by atoms with Crippen molar-refractivity contribution in [3.05, 3.63) is 90.1 Å². The second-order valence-electron chi connectivity index (χ2n) is 18.6. The fourth-order valence-electron chi connectivity index (χ4n) is 8.67. The summed E-state index contributed by atoms with van der Waals surface area (Å²) in [7, 11) is 0. The van der Waals surface area contributed by atoms with Gasteiger partial charge in [-0.3, -0.25) is 48.1 Å². The molecule has 3 heterocycles. The van der Waals surface area contributed by atoms with E-state index < -0.39 is 108 Å². The minimum absolute atomic E-state index is 0.0390. The van der Waals surface area contributed by atoms with Crippen molar-refractivity contribution in [2.45, 2.75) is 140 Å². The van der Waals surface area contributed by atoms with Crippen molar-refractivity contribution in [3.63, 3.8) is 0 Å². The molecule has 9 amide bonds. The predicted molar refractivity (Wildman–Crippen MR) is 278 cm³/mol. The van der Waals surface area contributed by atoms with E-state index in [0.717, 1.165) is 10.9 Å². The molecule has 4 aromatic rings. The highest BCUT2D eigenvalue weighted by atomic mass is 16.2. The normalized spacial score (nSPS) is 21.6. The summed E-state index contributed by atoms with van der Waals surface area (Å²) in [6.07, 6.45) is 5.80. The van der Waals surface area contributed by atoms with Gasteiger partial charge in [0, 0.05) is 67.8 Å². The molecule has 0 radical (unpaired) electrons. The Kier molecular flexibility index (Phi) is 22.1. The van der Waals surface area contributed by atoms with E-state index in [1.54, 1.807) is 43.5 Å². The quantitative estimate of drug-likeness (QED) is 0.0355. The highest BCUT2D eigenvalue weighted by Crippen LogP contribution is 2.22. The zero-order chi connectivity index (χ0) is 54.4. The van der Waals surface area contributed by atoms with Gasteiger partial charge in [0.05, 0.1) is 12.7 Å². The number of unbranched alkanes of at least 4 members (excludes halogenated alkanes) is 1. The molecule has 8 atom stereocenters. The Balaban J connectivity index is 1.57. The number of imidazole rings is 1. The summed E-state index contributed by atoms with van der Waals surface area (Å²) in [4.78, 5) is 140. The van der Waals surface area contributed by atoms with Crippen LogP contribution in [-0.2, 0) is 56.0 Å². The van der Waals surface area contributed by atoms with Gasteiger partial charge in [-0.1, -0.05) is 75.2 Å². The number of amides is 9. The third-order valence-corrected chi connectivity index (χ3v) is 12.8. The number of benzene rings is 2. The lowest BCUT2D eigenvalue weighted by molar-refractivity contribution is -0.136. The molecular weight excluding hydrogens is 967 g/mol. The number of hydrogen-bond acceptors (Lipinski definition) is 11. The Morgan fingerprint density at radius 2 is 1.47 bits per heavy atom. The number of guanidine groups is 1. The number of primary amides is 1. The number of H-pyrrole nitrogens is 2. The minimum atomic E-state index is -1.58. The van der Waals surface area contributed by atoms with Gasteiger partial charge in [-0.25, -0.2) is 4.98 Å². The largest absolute Gasteiger partial charge is 0.370 e. The summed E-state index contributed by atoms with van der Waals surface area (Å²) in [5.41, 5.74) is 19.4. The van der Waals surface area contributed by atoms with Gasteiger partial charge in [0.25, 0.3) is 0 Å². The molecule has 24 heteroatoms. The number of aromatic amines is 2. The molecule has 75 heavy (non-hydrogen) atoms. The standard InChI is InChI=1S/C51H71N15O9/c1-4-5-17-37(60-30(3)67)45(70)65-41-25-42(68)56-21-12-11-19-36(44(52)69)61-47(72)39(23-32-26-58-35-18-10-9-16-34(32)35)63-46(71)38(20-13-22-57-51(53)54)62-50(75)43(29(2)31-14-7-6-8-15-31)66-49(74)40(64-48(41)73)24-33-27-55-28-59-33/h6-10,14-16,18,26-29,36-41,43,58H,4-5,11-13,17,19-25H2,1-3H3,(H2,52,69)(H,55,59)(H,56,68)(H,60,67)(H,61,72)(H,62,75)(H,63,71)(H,64,73)(H,65,70)(H,66,74)(H4,53,54,57)/t29-,36+,37+,38+,39+,40+,41+,43-/m1/s1. The summed E-state index contributed by atoms with van der Waals surface area (Å²) in [5.74, 6) is -7.89. The Hall–Kier alpha value is -8.31. The summed E-state index contributed by atoms with van der Waals surface area (Å²) in [6, 6.07) is 6.67. The molecule has 1 saturated heterocycles. The number of nitrogens with zero attached hydrogens (tertiary/aromatic N) is 2. The van der Waals surface area contributed by atoms with Crippen molar-refractivity contribution >= 4 is 70.0 Å². The lowest BCUT2D eigenvalue weighted by Gasteiger charge is -2.30. The number of carbonyl (C=O) groups excluding carboxylic acids is 9. The molecule has 2 aromatic carbocycles. The van der Waals surface area contributed by atoms with E-state index in [2.05, 4.69) is 62.5 Å². The molecule has 0 spiro atoms. The van der Waals surface area contributed by atoms with Gasteiger partial charge < -0.3 is 69.7 Å². The summed E-state index contributed by atoms with van der Waals surface area (Å²) in [6.45, 7) is 4.94. The van der Waals surface area contributed by atoms with E-state index >= 15 is 0 Å². The van der Waals surface area contributed by atoms with Gasteiger partial charge in [-0.05, 0) is 55.7 Å². The van der Waals surface area contributed by atoms with Crippen molar-refractivity contribution < 1.29 is 43.2 Å². The van der Waals surface area contributed by atoms with Gasteiger partial charge in [0.1, 0.15) is 42.3 Å². The van der Waals surface area contributed by atoms with Crippen molar-refractivity contribution in [2.24, 2.45) is 22.2 Å². The van der Waals surface area contributed by atoms with Crippen LogP contribution >= 0.6 is 0 Å². The molecule has 0 bridgehead atoms. The number of nitrogens with two attached hydrogens (primary N) is 3. The van der Waals surface area contributed by atoms with Crippen LogP contribution in [0.4, 0.5) is 0 Å². The number of fused-ring (bicyclic) bond motifs is 1. The van der Waals surface area contributed by atoms with Crippen LogP contribution in [0.1, 0.15) is 101 Å². The topological polar surface area (TPSA) is 385 Å². The van der Waals surface area contributed by atoms with E-state index in [0.29, 0.717) is 29.7 Å². The molecule has 404 valence electrons. The number of nitrogens with one attached hydrogen (secondary N) is 10. The van der Waals surface area contributed by atoms with Crippen LogP contribution in [0, 0.1) is 0 Å². The molecule has 0 unspecified atom stereocenters. The molecule has 0 saturated carbocycles. The van der Waals surface area contributed by atoms with Crippen molar-refractivity contribution in [1.82, 2.24) is 57.5 Å². The van der Waals surface area contributed by atoms with Crippen LogP contribution in [0.3, 0.4) is 0 Å². The Morgan fingerprint density at radius 1 is 0.787 bits per heavy atom. The van der Waals surface area contributed by atoms with Crippen LogP contribution in [0.15, 0.2) is 78.3 Å². The first-order valence-electron chi connectivity index (χ1n) is 25.2. The highest BCUT2D eigenvalue weighted by molar-refractivity contribution is 5.99. The van der Waals surface area contributed by atoms with Crippen LogP contribution in [-0.4, -0.2) is 129 Å². The monoisotopic (exact) mass is 1040 g/mol. The average Bonchev–Trinajstić information content (AvgIpc) is 4.06. The average molecular weight is 1040 g/mol. The van der Waals surface area contributed by atoms with Gasteiger partial charge in [0.15, 0.2) is 5.96 Å². The van der Waals surface area contributed by atoms with Gasteiger partial charge >= 0.3 is 0 Å². The van der Waals surface area contributed by atoms with E-state index in [4.69, 9.17) is 17.2 Å². The predicted octanol–water partition coefficient (Wildman–Crippen LogP) is -0.687. The number of rotatable bonds is 17. The fraction of sp³-hybridized carbons (Fsp3) is 0.471. The lowest BCUT2D eigenvalue weighted by Crippen LogP contribution is -2.61. The summed E-state index contributed by atoms with van der Waals surface area (Å²) in [5, 5.41) is 22.5. The van der Waals surface area contributed by atoms with Crippen LogP contribution in [0.25, 0.3) is 10.9 Å². The molecule has 1 aliphatic rings. The smallest absolute Gasteiger partial charge is 0.243 e. The zero-order valence-corrected chi connectivity index (χ0v) is 42.5. The third-order valence-electron chi connectivity index (χ3n) is 12.8. The van der Waals surface area contributed by atoms with Crippen LogP contribution < -0.4 is 59.7 Å². The molecule has 5 rings (SSSR count). The maximum Gasteiger partial charge on any atom is 0.243 e. The number of carbonyl (C=O) groups is 9. The van der Waals surface area contributed by atoms with E-state index in [9.17, 15) is 43.2 Å². The first-order chi connectivity index (χ1) is 35.9. The minimum Gasteiger partial charge on any atom is -0.370 e. The Morgan fingerprint density at radius 3 is 2.16 bits per heavy atom. The second kappa shape index (κ2) is 28.8. The van der Waals surface area contributed by atoms with Crippen LogP contribution in [0.2, 0.25) is 0 Å². The highest BCUT2D eigenvalue weighted by Gasteiger charge is 2.37. The van der Waals surface area contributed by atoms with Crippen LogP contribution in [0.5, 0.6) is 0 Å². The number of aromatic nitrogens is 3. The number of para-hydroxylation sites is 1. The maximum atomic E-state index is 14.9. The fourth-order valence-corrected chi connectivity index (χ4v) is 8.67. The Labute approximate surface area is 434 Å². The molecular formula is C51H71N15O9. The van der Waals surface area contributed by atoms with E-state index in [1.165, 1.54) is 19.4 Å². The summed E-state index contributed by atoms with van der Waals surface area (Å²) < 4.78 is 0. The van der Waals surface area contributed by atoms with E-state index in [1.807, 2.05) is 31.2 Å². The SMILES string of the molecule is CCCC[C@H](NC(C)=O)C(=O)N[C@H]1CC(=O)NCCCC[C@@H](C(N)=O)NC(=O)[C@H](Cc2c[nH]c3ccccc23)NC(=O)[C@H](CCCN=C(N)N)NC(=O)[C@@H]([C@H](C)c2ccccc2)NC(=O)[C@H](Cc2cnc[nH]2)NC1=O. The molecule has 2 aromatic heterocycles. The van der Waals surface area contributed by atoms with Gasteiger partial charge in [0.2, 0.25) is 53.2 Å². The summed E-state index contributed by atoms with van der Waals surface area (Å²) >= 11 is 0. The molecule has 16 N–H and O–H groups in total. The zero-order valence-electron chi connectivity index (χ0n) is 42.5. The number of aliphatic imine (C=N–C) groups is 1. The van der Waals surface area contributed by atoms with Crippen molar-refractivity contribution in [3.8, 4) is 0 Å². The lowest BCUT2D eigenvalue weighted by atomic mass is 9.91. The first-order valence-corrected chi connectivity index (χ1v) is 25.2. The maximum absolute atomic E-state index is 14.9. The molecule has 0 aliphatic carbocycles. The number of hydrogen-bond donors (Lipinski definition) is 13. The first kappa shape index (κ1) is 57.6. The second-order valence-corrected chi connectivity index (χ2v) is 18.6. The molecule has 1 fully saturated rings. The van der Waals surface area contributed by atoms with E-state index in [-0.39, 0.29) is 70.4 Å². The molecule has 1 aliphatic heterocycles.